The van der Waals surface area contributed by atoms with Crippen molar-refractivity contribution in [2.24, 2.45) is 17.1 Å². The summed E-state index contributed by atoms with van der Waals surface area (Å²) in [4.78, 5) is 35.1. The molecule has 3 atom stereocenters. The van der Waals surface area contributed by atoms with Crippen LogP contribution in [0.5, 0.6) is 0 Å². The molecule has 28 heavy (non-hydrogen) atoms. The minimum atomic E-state index is -0.744. The highest BCUT2D eigenvalue weighted by Gasteiger charge is 2.30. The number of esters is 1. The van der Waals surface area contributed by atoms with E-state index >= 15 is 0 Å². The van der Waals surface area contributed by atoms with Gasteiger partial charge in [-0.2, -0.15) is 0 Å². The van der Waals surface area contributed by atoms with Crippen LogP contribution in [-0.4, -0.2) is 29.9 Å². The fraction of sp³-hybridized carbons (Fsp3) is 0.500. The quantitative estimate of drug-likeness (QED) is 0.398. The van der Waals surface area contributed by atoms with Gasteiger partial charge in [0.2, 0.25) is 11.8 Å². The van der Waals surface area contributed by atoms with Crippen molar-refractivity contribution in [3.8, 4) is 0 Å². The number of amides is 2. The lowest BCUT2D eigenvalue weighted by atomic mass is 9.86. The predicted octanol–water partition coefficient (Wildman–Crippen LogP) is 2.96. The molecule has 0 aromatic carbocycles. The number of primary amides is 1. The first-order valence-electron chi connectivity index (χ1n) is 9.42. The summed E-state index contributed by atoms with van der Waals surface area (Å²) < 4.78 is 5.42. The smallest absolute Gasteiger partial charge is 0.333 e. The second-order valence-electron chi connectivity index (χ2n) is 8.26. The number of carbonyl (C=O) groups is 3. The van der Waals surface area contributed by atoms with E-state index in [0.29, 0.717) is 12.0 Å². The van der Waals surface area contributed by atoms with Crippen LogP contribution in [-0.2, 0) is 19.1 Å². The Morgan fingerprint density at radius 3 is 2.43 bits per heavy atom. The van der Waals surface area contributed by atoms with Gasteiger partial charge in [0, 0.05) is 24.0 Å². The second-order valence-corrected chi connectivity index (χ2v) is 8.26. The maximum absolute atomic E-state index is 12.0. The average molecular weight is 389 g/mol. The SMILES string of the molecule is CC1=CC[C@@H]([C@@H](C)/C=C(C)/C=C\C=C/C(=O)N[C@H](C(N)=O)C(C)(C)C)OC1=O. The van der Waals surface area contributed by atoms with Gasteiger partial charge in [0.15, 0.2) is 0 Å². The Labute approximate surface area is 167 Å². The van der Waals surface area contributed by atoms with Crippen molar-refractivity contribution < 1.29 is 19.1 Å². The molecule has 1 aliphatic rings. The monoisotopic (exact) mass is 388 g/mol. The van der Waals surface area contributed by atoms with Crippen LogP contribution < -0.4 is 11.1 Å². The Morgan fingerprint density at radius 2 is 1.89 bits per heavy atom. The molecular formula is C22H32N2O4. The molecule has 1 heterocycles. The highest BCUT2D eigenvalue weighted by molar-refractivity contribution is 5.93. The third-order valence-corrected chi connectivity index (χ3v) is 4.50. The number of cyclic esters (lactones) is 1. The van der Waals surface area contributed by atoms with Gasteiger partial charge in [-0.15, -0.1) is 0 Å². The fourth-order valence-electron chi connectivity index (χ4n) is 2.81. The molecule has 0 aromatic rings. The van der Waals surface area contributed by atoms with Gasteiger partial charge in [0.1, 0.15) is 12.1 Å². The number of carbonyl (C=O) groups excluding carboxylic acids is 3. The van der Waals surface area contributed by atoms with Crippen LogP contribution in [0.1, 0.15) is 48.0 Å². The van der Waals surface area contributed by atoms with Crippen LogP contribution in [0.25, 0.3) is 0 Å². The molecule has 1 aliphatic heterocycles. The number of hydrogen-bond acceptors (Lipinski definition) is 4. The van der Waals surface area contributed by atoms with Crippen molar-refractivity contribution in [2.75, 3.05) is 0 Å². The number of nitrogens with two attached hydrogens (primary N) is 1. The van der Waals surface area contributed by atoms with Crippen molar-refractivity contribution in [2.45, 2.75) is 60.1 Å². The molecule has 3 N–H and O–H groups in total. The summed E-state index contributed by atoms with van der Waals surface area (Å²) in [6, 6.07) is -0.744. The summed E-state index contributed by atoms with van der Waals surface area (Å²) in [5.41, 5.74) is 6.54. The third-order valence-electron chi connectivity index (χ3n) is 4.50. The van der Waals surface area contributed by atoms with E-state index in [2.05, 4.69) is 5.32 Å². The van der Waals surface area contributed by atoms with E-state index in [9.17, 15) is 14.4 Å². The van der Waals surface area contributed by atoms with Crippen LogP contribution >= 0.6 is 0 Å². The minimum absolute atomic E-state index is 0.0772. The molecule has 0 fully saturated rings. The highest BCUT2D eigenvalue weighted by atomic mass is 16.5. The van der Waals surface area contributed by atoms with Crippen molar-refractivity contribution in [1.29, 1.82) is 0 Å². The summed E-state index contributed by atoms with van der Waals surface area (Å²) in [6.07, 6.45) is 11.0. The van der Waals surface area contributed by atoms with Gasteiger partial charge in [-0.1, -0.05) is 63.6 Å². The largest absolute Gasteiger partial charge is 0.458 e. The summed E-state index contributed by atoms with van der Waals surface area (Å²) in [6.45, 7) is 11.2. The van der Waals surface area contributed by atoms with E-state index in [0.717, 1.165) is 5.57 Å². The van der Waals surface area contributed by atoms with Crippen LogP contribution in [0.3, 0.4) is 0 Å². The first-order valence-corrected chi connectivity index (χ1v) is 9.42. The van der Waals surface area contributed by atoms with E-state index in [1.807, 2.05) is 52.8 Å². The molecule has 0 saturated heterocycles. The maximum atomic E-state index is 12.0. The summed E-state index contributed by atoms with van der Waals surface area (Å²) in [7, 11) is 0. The van der Waals surface area contributed by atoms with E-state index in [1.165, 1.54) is 6.08 Å². The van der Waals surface area contributed by atoms with E-state index in [1.54, 1.807) is 19.1 Å². The Morgan fingerprint density at radius 1 is 1.29 bits per heavy atom. The molecular weight excluding hydrogens is 356 g/mol. The summed E-state index contributed by atoms with van der Waals surface area (Å²) in [5.74, 6) is -1.13. The Kier molecular flexibility index (Phi) is 8.41. The lowest BCUT2D eigenvalue weighted by Crippen LogP contribution is -2.51. The molecule has 0 aliphatic carbocycles. The van der Waals surface area contributed by atoms with Gasteiger partial charge in [-0.25, -0.2) is 4.79 Å². The minimum Gasteiger partial charge on any atom is -0.458 e. The van der Waals surface area contributed by atoms with E-state index in [-0.39, 0.29) is 23.9 Å². The third kappa shape index (κ3) is 7.55. The van der Waals surface area contributed by atoms with Gasteiger partial charge < -0.3 is 15.8 Å². The van der Waals surface area contributed by atoms with Gasteiger partial charge in [-0.3, -0.25) is 9.59 Å². The topological polar surface area (TPSA) is 98.5 Å². The fourth-order valence-corrected chi connectivity index (χ4v) is 2.81. The zero-order chi connectivity index (χ0) is 21.5. The second kappa shape index (κ2) is 10.1. The predicted molar refractivity (Wildman–Crippen MR) is 110 cm³/mol. The molecule has 0 radical (unpaired) electrons. The summed E-state index contributed by atoms with van der Waals surface area (Å²) in [5, 5.41) is 2.62. The number of hydrogen-bond donors (Lipinski definition) is 2. The van der Waals surface area contributed by atoms with E-state index < -0.39 is 17.4 Å². The molecule has 2 amide bonds. The van der Waals surface area contributed by atoms with Gasteiger partial charge in [0.25, 0.3) is 0 Å². The Bertz CT molecular complexity index is 723. The maximum Gasteiger partial charge on any atom is 0.333 e. The number of rotatable bonds is 7. The highest BCUT2D eigenvalue weighted by Crippen LogP contribution is 2.22. The molecule has 0 saturated carbocycles. The first kappa shape index (κ1) is 23.4. The molecule has 6 heteroatoms. The normalized spacial score (nSPS) is 20.6. The van der Waals surface area contributed by atoms with Crippen molar-refractivity contribution in [1.82, 2.24) is 5.32 Å². The Hall–Kier alpha value is -2.63. The molecule has 0 unspecified atom stereocenters. The number of ether oxygens (including phenoxy) is 1. The van der Waals surface area contributed by atoms with E-state index in [4.69, 9.17) is 10.5 Å². The Balaban J connectivity index is 2.61. The zero-order valence-electron chi connectivity index (χ0n) is 17.6. The van der Waals surface area contributed by atoms with Gasteiger partial charge in [-0.05, 0) is 19.3 Å². The molecule has 0 spiro atoms. The summed E-state index contributed by atoms with van der Waals surface area (Å²) >= 11 is 0. The van der Waals surface area contributed by atoms with Gasteiger partial charge >= 0.3 is 5.97 Å². The van der Waals surface area contributed by atoms with Crippen LogP contribution in [0.2, 0.25) is 0 Å². The van der Waals surface area contributed by atoms with Crippen molar-refractivity contribution >= 4 is 17.8 Å². The van der Waals surface area contributed by atoms with Crippen LogP contribution in [0, 0.1) is 11.3 Å². The lowest BCUT2D eigenvalue weighted by Gasteiger charge is -2.28. The van der Waals surface area contributed by atoms with Crippen molar-refractivity contribution in [3.63, 3.8) is 0 Å². The average Bonchev–Trinajstić information content (AvgIpc) is 2.57. The molecule has 0 aromatic heterocycles. The molecule has 154 valence electrons. The first-order chi connectivity index (χ1) is 12.9. The molecule has 1 rings (SSSR count). The zero-order valence-corrected chi connectivity index (χ0v) is 17.6. The molecule has 0 bridgehead atoms. The van der Waals surface area contributed by atoms with Gasteiger partial charge in [0.05, 0.1) is 0 Å². The van der Waals surface area contributed by atoms with Crippen molar-refractivity contribution in [3.05, 3.63) is 47.6 Å². The standard InChI is InChI=1S/C22H32N2O4/c1-14(13-16(3)17-12-11-15(2)21(27)28-17)9-7-8-10-18(25)24-19(20(23)26)22(4,5)6/h7-11,13,16-17,19H,12H2,1-6H3,(H2,23,26)(H,24,25)/b9-7-,10-8-,14-13+/t16-,17-,19+/m0/s1. The number of allylic oxidation sites excluding steroid dienone is 4. The number of nitrogens with one attached hydrogen (secondary N) is 1. The molecule has 6 nitrogen and oxygen atoms in total. The lowest BCUT2D eigenvalue weighted by molar-refractivity contribution is -0.147. The van der Waals surface area contributed by atoms with Crippen LogP contribution in [0.15, 0.2) is 47.6 Å². The van der Waals surface area contributed by atoms with Crippen LogP contribution in [0.4, 0.5) is 0 Å².